The molecule has 0 radical (unpaired) electrons. The lowest BCUT2D eigenvalue weighted by Gasteiger charge is -2.25. The zero-order valence-corrected chi connectivity index (χ0v) is 12.4. The van der Waals surface area contributed by atoms with Gasteiger partial charge in [-0.15, -0.1) is 0 Å². The fourth-order valence-electron chi connectivity index (χ4n) is 2.32. The van der Waals surface area contributed by atoms with Crippen molar-refractivity contribution in [3.63, 3.8) is 0 Å². The van der Waals surface area contributed by atoms with Crippen molar-refractivity contribution in [2.75, 3.05) is 38.6 Å². The van der Waals surface area contributed by atoms with Crippen molar-refractivity contribution in [2.24, 2.45) is 12.8 Å². The predicted octanol–water partition coefficient (Wildman–Crippen LogP) is 0.965. The Morgan fingerprint density at radius 2 is 1.94 bits per heavy atom. The first-order chi connectivity index (χ1) is 8.51. The summed E-state index contributed by atoms with van der Waals surface area (Å²) in [4.78, 5) is 4.58. The Morgan fingerprint density at radius 3 is 2.44 bits per heavy atom. The number of anilines is 1. The summed E-state index contributed by atoms with van der Waals surface area (Å²) < 4.78 is 1.96. The van der Waals surface area contributed by atoms with Crippen LogP contribution in [0.15, 0.2) is 0 Å². The van der Waals surface area contributed by atoms with Crippen LogP contribution in [0.25, 0.3) is 0 Å². The Morgan fingerprint density at radius 1 is 1.28 bits per heavy atom. The molecule has 0 aliphatic rings. The maximum absolute atomic E-state index is 5.85. The summed E-state index contributed by atoms with van der Waals surface area (Å²) in [5, 5.41) is 4.48. The summed E-state index contributed by atoms with van der Waals surface area (Å²) in [6, 6.07) is 0. The minimum Gasteiger partial charge on any atom is -0.357 e. The maximum Gasteiger partial charge on any atom is 0.131 e. The molecule has 104 valence electrons. The van der Waals surface area contributed by atoms with E-state index in [4.69, 9.17) is 5.73 Å². The van der Waals surface area contributed by atoms with Gasteiger partial charge in [-0.2, -0.15) is 5.10 Å². The molecule has 0 aliphatic carbocycles. The van der Waals surface area contributed by atoms with Crippen LogP contribution in [0.4, 0.5) is 5.82 Å². The number of rotatable bonds is 7. The van der Waals surface area contributed by atoms with Crippen molar-refractivity contribution in [1.29, 1.82) is 0 Å². The van der Waals surface area contributed by atoms with Crippen LogP contribution in [0.1, 0.15) is 24.6 Å². The molecule has 0 atom stereocenters. The van der Waals surface area contributed by atoms with Crippen molar-refractivity contribution < 1.29 is 0 Å². The van der Waals surface area contributed by atoms with Gasteiger partial charge in [-0.3, -0.25) is 4.68 Å². The monoisotopic (exact) mass is 253 g/mol. The van der Waals surface area contributed by atoms with Gasteiger partial charge in [0.25, 0.3) is 0 Å². The standard InChI is InChI=1S/C13H27N5/c1-6-18(9-7-8-16(3)4)13-12(10-14)11(2)15-17(13)5/h6-10,14H2,1-5H3. The molecule has 1 rings (SSSR count). The molecule has 0 spiro atoms. The largest absolute Gasteiger partial charge is 0.357 e. The van der Waals surface area contributed by atoms with Crippen molar-refractivity contribution in [1.82, 2.24) is 14.7 Å². The van der Waals surface area contributed by atoms with Crippen LogP contribution in [-0.2, 0) is 13.6 Å². The molecule has 0 bridgehead atoms. The number of aromatic nitrogens is 2. The van der Waals surface area contributed by atoms with E-state index in [-0.39, 0.29) is 0 Å². The first-order valence-electron chi connectivity index (χ1n) is 6.63. The molecule has 1 heterocycles. The van der Waals surface area contributed by atoms with E-state index in [0.29, 0.717) is 6.54 Å². The SMILES string of the molecule is CCN(CCCN(C)C)c1c(CN)c(C)nn1C. The molecule has 5 heteroatoms. The molecule has 2 N–H and O–H groups in total. The number of aryl methyl sites for hydroxylation is 2. The normalized spacial score (nSPS) is 11.3. The Kier molecular flexibility index (Phi) is 5.62. The Hall–Kier alpha value is -1.07. The molecule has 0 amide bonds. The average Bonchev–Trinajstić information content (AvgIpc) is 2.59. The van der Waals surface area contributed by atoms with Crippen LogP contribution in [0.3, 0.4) is 0 Å². The molecule has 18 heavy (non-hydrogen) atoms. The zero-order valence-electron chi connectivity index (χ0n) is 12.4. The molecular formula is C13H27N5. The zero-order chi connectivity index (χ0) is 13.7. The highest BCUT2D eigenvalue weighted by atomic mass is 15.4. The third-order valence-corrected chi connectivity index (χ3v) is 3.23. The first kappa shape index (κ1) is 15.0. The highest BCUT2D eigenvalue weighted by Crippen LogP contribution is 2.22. The number of nitrogens with zero attached hydrogens (tertiary/aromatic N) is 4. The second kappa shape index (κ2) is 6.75. The summed E-state index contributed by atoms with van der Waals surface area (Å²) in [5.74, 6) is 1.18. The van der Waals surface area contributed by atoms with Crippen molar-refractivity contribution in [2.45, 2.75) is 26.8 Å². The van der Waals surface area contributed by atoms with E-state index < -0.39 is 0 Å². The highest BCUT2D eigenvalue weighted by molar-refractivity contribution is 5.50. The lowest BCUT2D eigenvalue weighted by atomic mass is 10.2. The summed E-state index contributed by atoms with van der Waals surface area (Å²) in [6.07, 6.45) is 1.15. The molecule has 1 aromatic rings. The summed E-state index contributed by atoms with van der Waals surface area (Å²) in [5.41, 5.74) is 8.06. The predicted molar refractivity (Wildman–Crippen MR) is 76.9 cm³/mol. The number of hydrogen-bond acceptors (Lipinski definition) is 4. The molecule has 0 unspecified atom stereocenters. The third kappa shape index (κ3) is 3.46. The van der Waals surface area contributed by atoms with Gasteiger partial charge in [0.1, 0.15) is 5.82 Å². The molecule has 0 saturated heterocycles. The van der Waals surface area contributed by atoms with Crippen LogP contribution in [0.2, 0.25) is 0 Å². The van der Waals surface area contributed by atoms with Crippen molar-refractivity contribution in [3.05, 3.63) is 11.3 Å². The van der Waals surface area contributed by atoms with E-state index in [1.165, 1.54) is 11.4 Å². The molecule has 0 saturated carbocycles. The second-order valence-electron chi connectivity index (χ2n) is 4.95. The lowest BCUT2D eigenvalue weighted by molar-refractivity contribution is 0.400. The molecule has 0 aromatic carbocycles. The fraction of sp³-hybridized carbons (Fsp3) is 0.769. The minimum absolute atomic E-state index is 0.555. The van der Waals surface area contributed by atoms with Gasteiger partial charge in [0, 0.05) is 32.2 Å². The van der Waals surface area contributed by atoms with Crippen LogP contribution in [-0.4, -0.2) is 48.4 Å². The quantitative estimate of drug-likeness (QED) is 0.786. The van der Waals surface area contributed by atoms with Gasteiger partial charge >= 0.3 is 0 Å². The van der Waals surface area contributed by atoms with E-state index in [2.05, 4.69) is 35.9 Å². The van der Waals surface area contributed by atoms with Crippen LogP contribution >= 0.6 is 0 Å². The number of hydrogen-bond donors (Lipinski definition) is 1. The number of nitrogens with two attached hydrogens (primary N) is 1. The van der Waals surface area contributed by atoms with E-state index >= 15 is 0 Å². The van der Waals surface area contributed by atoms with Gasteiger partial charge < -0.3 is 15.5 Å². The fourth-order valence-corrected chi connectivity index (χ4v) is 2.32. The average molecular weight is 253 g/mol. The van der Waals surface area contributed by atoms with E-state index in [0.717, 1.165) is 31.7 Å². The maximum atomic E-state index is 5.85. The summed E-state index contributed by atoms with van der Waals surface area (Å²) in [6.45, 7) is 7.89. The van der Waals surface area contributed by atoms with Gasteiger partial charge in [-0.1, -0.05) is 0 Å². The Labute approximate surface area is 111 Å². The third-order valence-electron chi connectivity index (χ3n) is 3.23. The van der Waals surface area contributed by atoms with Gasteiger partial charge in [0.15, 0.2) is 0 Å². The molecule has 5 nitrogen and oxygen atoms in total. The Balaban J connectivity index is 2.81. The van der Waals surface area contributed by atoms with E-state index in [1.807, 2.05) is 18.7 Å². The minimum atomic E-state index is 0.555. The van der Waals surface area contributed by atoms with E-state index in [9.17, 15) is 0 Å². The molecule has 1 aromatic heterocycles. The topological polar surface area (TPSA) is 50.3 Å². The first-order valence-corrected chi connectivity index (χ1v) is 6.63. The molecule has 0 fully saturated rings. The van der Waals surface area contributed by atoms with Gasteiger partial charge in [0.2, 0.25) is 0 Å². The van der Waals surface area contributed by atoms with Crippen LogP contribution < -0.4 is 10.6 Å². The van der Waals surface area contributed by atoms with E-state index in [1.54, 1.807) is 0 Å². The van der Waals surface area contributed by atoms with Crippen molar-refractivity contribution in [3.8, 4) is 0 Å². The van der Waals surface area contributed by atoms with Crippen LogP contribution in [0.5, 0.6) is 0 Å². The van der Waals surface area contributed by atoms with Crippen molar-refractivity contribution >= 4 is 5.82 Å². The Bertz CT molecular complexity index is 370. The highest BCUT2D eigenvalue weighted by Gasteiger charge is 2.16. The molecule has 0 aliphatic heterocycles. The van der Waals surface area contributed by atoms with Gasteiger partial charge in [-0.05, 0) is 40.9 Å². The molecular weight excluding hydrogens is 226 g/mol. The van der Waals surface area contributed by atoms with Gasteiger partial charge in [0.05, 0.1) is 5.69 Å². The lowest BCUT2D eigenvalue weighted by Crippen LogP contribution is -2.29. The summed E-state index contributed by atoms with van der Waals surface area (Å²) in [7, 11) is 6.21. The summed E-state index contributed by atoms with van der Waals surface area (Å²) >= 11 is 0. The van der Waals surface area contributed by atoms with Crippen LogP contribution in [0, 0.1) is 6.92 Å². The van der Waals surface area contributed by atoms with Gasteiger partial charge in [-0.25, -0.2) is 0 Å². The smallest absolute Gasteiger partial charge is 0.131 e. The second-order valence-corrected chi connectivity index (χ2v) is 4.95.